The predicted molar refractivity (Wildman–Crippen MR) is 184 cm³/mol. The van der Waals surface area contributed by atoms with E-state index in [1.165, 1.54) is 20.5 Å². The monoisotopic (exact) mass is 726 g/mol. The molecule has 1 aliphatic heterocycles. The van der Waals surface area contributed by atoms with Gasteiger partial charge in [-0.25, -0.2) is 26.5 Å². The van der Waals surface area contributed by atoms with Crippen LogP contribution in [0.2, 0.25) is 5.02 Å². The standard InChI is InChI=1S/C35H33ClF2N4O5S2/c1-45-28-13-10-25(32(14-28)46-2)19-42(35-39-22-40-48-35)49(43,44)34-16-30(37)33(15-31(34)38)47-21-26-18-41(17-23-6-4-3-5-7-23)20-29(26)24-8-11-27(36)12-9-24/h3-16,22,26,29H,17-21H2,1-2H3/t26-,29?/m0/s1. The Morgan fingerprint density at radius 2 is 1.71 bits per heavy atom. The molecule has 5 aromatic rings. The van der Waals surface area contributed by atoms with Crippen molar-refractivity contribution in [2.75, 3.05) is 38.2 Å². The number of benzene rings is 4. The van der Waals surface area contributed by atoms with E-state index < -0.39 is 26.6 Å². The van der Waals surface area contributed by atoms with Gasteiger partial charge in [-0.05, 0) is 35.4 Å². The van der Waals surface area contributed by atoms with Crippen LogP contribution in [0.15, 0.2) is 96.2 Å². The fourth-order valence-electron chi connectivity index (χ4n) is 5.99. The number of halogens is 3. The second-order valence-electron chi connectivity index (χ2n) is 11.5. The lowest BCUT2D eigenvalue weighted by molar-refractivity contribution is 0.224. The van der Waals surface area contributed by atoms with E-state index in [9.17, 15) is 8.42 Å². The minimum absolute atomic E-state index is 0.0347. The van der Waals surface area contributed by atoms with E-state index in [0.29, 0.717) is 34.7 Å². The average Bonchev–Trinajstić information content (AvgIpc) is 3.78. The lowest BCUT2D eigenvalue weighted by Crippen LogP contribution is -2.31. The number of likely N-dealkylation sites (tertiary alicyclic amines) is 1. The summed E-state index contributed by atoms with van der Waals surface area (Å²) in [4.78, 5) is 5.48. The quantitative estimate of drug-likeness (QED) is 0.126. The number of aromatic nitrogens is 2. The van der Waals surface area contributed by atoms with E-state index in [-0.39, 0.29) is 35.9 Å². The zero-order valence-electron chi connectivity index (χ0n) is 26.6. The number of methoxy groups -OCH3 is 2. The second kappa shape index (κ2) is 15.1. The van der Waals surface area contributed by atoms with Gasteiger partial charge in [0.05, 0.1) is 27.4 Å². The lowest BCUT2D eigenvalue weighted by Gasteiger charge is -2.23. The summed E-state index contributed by atoms with van der Waals surface area (Å²) in [6.07, 6.45) is 1.18. The number of nitrogens with zero attached hydrogens (tertiary/aromatic N) is 4. The number of hydrogen-bond donors (Lipinski definition) is 0. The highest BCUT2D eigenvalue weighted by atomic mass is 35.5. The summed E-state index contributed by atoms with van der Waals surface area (Å²) in [5, 5.41) is 0.587. The van der Waals surface area contributed by atoms with Crippen molar-refractivity contribution < 1.29 is 31.4 Å². The van der Waals surface area contributed by atoms with Crippen molar-refractivity contribution in [2.45, 2.75) is 23.9 Å². The molecule has 0 radical (unpaired) electrons. The minimum Gasteiger partial charge on any atom is -0.497 e. The molecule has 256 valence electrons. The molecule has 1 aromatic heterocycles. The molecule has 49 heavy (non-hydrogen) atoms. The molecule has 0 N–H and O–H groups in total. The fourth-order valence-corrected chi connectivity index (χ4v) is 8.31. The van der Waals surface area contributed by atoms with Crippen LogP contribution < -0.4 is 18.5 Å². The Morgan fingerprint density at radius 1 is 0.939 bits per heavy atom. The maximum absolute atomic E-state index is 15.7. The minimum atomic E-state index is -4.68. The first kappa shape index (κ1) is 34.6. The number of sulfonamides is 1. The van der Waals surface area contributed by atoms with Gasteiger partial charge in [-0.15, -0.1) is 0 Å². The van der Waals surface area contributed by atoms with Gasteiger partial charge in [0.15, 0.2) is 11.6 Å². The number of hydrogen-bond acceptors (Lipinski definition) is 9. The molecule has 0 spiro atoms. The van der Waals surface area contributed by atoms with Gasteiger partial charge >= 0.3 is 0 Å². The first-order chi connectivity index (χ1) is 23.7. The van der Waals surface area contributed by atoms with Gasteiger partial charge in [0.25, 0.3) is 10.0 Å². The molecule has 14 heteroatoms. The van der Waals surface area contributed by atoms with Crippen LogP contribution in [0, 0.1) is 17.6 Å². The second-order valence-corrected chi connectivity index (χ2v) is 14.6. The van der Waals surface area contributed by atoms with Crippen molar-refractivity contribution in [3.63, 3.8) is 0 Å². The highest BCUT2D eigenvalue weighted by Crippen LogP contribution is 2.37. The third-order valence-corrected chi connectivity index (χ3v) is 11.2. The summed E-state index contributed by atoms with van der Waals surface area (Å²) < 4.78 is 80.7. The highest BCUT2D eigenvalue weighted by Gasteiger charge is 2.36. The van der Waals surface area contributed by atoms with Crippen LogP contribution in [0.3, 0.4) is 0 Å². The zero-order chi connectivity index (χ0) is 34.5. The Labute approximate surface area is 292 Å². The number of anilines is 1. The smallest absolute Gasteiger partial charge is 0.269 e. The normalized spacial score (nSPS) is 16.4. The molecule has 0 amide bonds. The van der Waals surface area contributed by atoms with E-state index in [1.54, 1.807) is 18.2 Å². The zero-order valence-corrected chi connectivity index (χ0v) is 29.0. The maximum Gasteiger partial charge on any atom is 0.269 e. The molecule has 1 unspecified atom stereocenters. The molecule has 0 saturated carbocycles. The van der Waals surface area contributed by atoms with Gasteiger partial charge in [0, 0.05) is 71.8 Å². The molecule has 2 heterocycles. The summed E-state index contributed by atoms with van der Waals surface area (Å²) in [7, 11) is -1.76. The maximum atomic E-state index is 15.7. The molecule has 1 fully saturated rings. The third kappa shape index (κ3) is 7.80. The SMILES string of the molecule is COc1ccc(CN(c2ncns2)S(=O)(=O)c2cc(F)c(OC[C@@H]3CN(Cc4ccccc4)CC3c3ccc(Cl)cc3)cc2F)c(OC)c1. The van der Waals surface area contributed by atoms with E-state index in [1.807, 2.05) is 42.5 Å². The number of rotatable bonds is 13. The first-order valence-corrected chi connectivity index (χ1v) is 17.9. The Kier molecular flexibility index (Phi) is 10.6. The van der Waals surface area contributed by atoms with Crippen LogP contribution in [-0.4, -0.2) is 56.6 Å². The molecule has 6 rings (SSSR count). The molecule has 0 aliphatic carbocycles. The van der Waals surface area contributed by atoms with Crippen molar-refractivity contribution in [1.82, 2.24) is 14.3 Å². The van der Waals surface area contributed by atoms with Crippen LogP contribution in [0.1, 0.15) is 22.6 Å². The van der Waals surface area contributed by atoms with Gasteiger partial charge in [0.1, 0.15) is 28.5 Å². The first-order valence-electron chi connectivity index (χ1n) is 15.3. The molecule has 1 saturated heterocycles. The molecule has 4 aromatic carbocycles. The molecule has 0 bridgehead atoms. The van der Waals surface area contributed by atoms with Crippen LogP contribution in [0.5, 0.6) is 17.2 Å². The van der Waals surface area contributed by atoms with Crippen LogP contribution in [0.4, 0.5) is 13.9 Å². The van der Waals surface area contributed by atoms with Crippen LogP contribution in [-0.2, 0) is 23.1 Å². The number of ether oxygens (including phenoxy) is 3. The van der Waals surface area contributed by atoms with Crippen molar-refractivity contribution >= 4 is 38.3 Å². The van der Waals surface area contributed by atoms with Crippen molar-refractivity contribution in [3.05, 3.63) is 125 Å². The van der Waals surface area contributed by atoms with E-state index in [2.05, 4.69) is 26.4 Å². The van der Waals surface area contributed by atoms with Crippen molar-refractivity contribution in [1.29, 1.82) is 0 Å². The molecular weight excluding hydrogens is 694 g/mol. The Morgan fingerprint density at radius 3 is 2.41 bits per heavy atom. The van der Waals surface area contributed by atoms with Gasteiger partial charge in [-0.3, -0.25) is 4.90 Å². The molecule has 1 aliphatic rings. The summed E-state index contributed by atoms with van der Waals surface area (Å²) in [5.41, 5.74) is 2.67. The average molecular weight is 727 g/mol. The summed E-state index contributed by atoms with van der Waals surface area (Å²) in [6, 6.07) is 24.0. The van der Waals surface area contributed by atoms with E-state index in [0.717, 1.165) is 46.1 Å². The van der Waals surface area contributed by atoms with Gasteiger partial charge in [-0.1, -0.05) is 54.1 Å². The van der Waals surface area contributed by atoms with Gasteiger partial charge in [-0.2, -0.15) is 4.37 Å². The lowest BCUT2D eigenvalue weighted by atomic mass is 9.89. The highest BCUT2D eigenvalue weighted by molar-refractivity contribution is 7.93. The summed E-state index contributed by atoms with van der Waals surface area (Å²) in [6.45, 7) is 1.90. The van der Waals surface area contributed by atoms with Crippen molar-refractivity contribution in [2.24, 2.45) is 5.92 Å². The van der Waals surface area contributed by atoms with Crippen molar-refractivity contribution in [3.8, 4) is 17.2 Å². The molecule has 9 nitrogen and oxygen atoms in total. The summed E-state index contributed by atoms with van der Waals surface area (Å²) in [5.74, 6) is -1.75. The van der Waals surface area contributed by atoms with Crippen LogP contribution >= 0.6 is 23.1 Å². The largest absolute Gasteiger partial charge is 0.497 e. The van der Waals surface area contributed by atoms with E-state index >= 15 is 8.78 Å². The fraction of sp³-hybridized carbons (Fsp3) is 0.257. The predicted octanol–water partition coefficient (Wildman–Crippen LogP) is 7.18. The topological polar surface area (TPSA) is 94.1 Å². The Balaban J connectivity index is 1.24. The third-order valence-electron chi connectivity index (χ3n) is 8.44. The van der Waals surface area contributed by atoms with E-state index in [4.69, 9.17) is 25.8 Å². The summed E-state index contributed by atoms with van der Waals surface area (Å²) >= 11 is 6.94. The Hall–Kier alpha value is -4.30. The Bertz CT molecular complexity index is 1990. The molecule has 2 atom stereocenters. The van der Waals surface area contributed by atoms with Gasteiger partial charge in [0.2, 0.25) is 5.13 Å². The van der Waals surface area contributed by atoms with Crippen LogP contribution in [0.25, 0.3) is 0 Å². The van der Waals surface area contributed by atoms with Gasteiger partial charge < -0.3 is 14.2 Å². The molecular formula is C35H33ClF2N4O5S2.